The summed E-state index contributed by atoms with van der Waals surface area (Å²) in [5.41, 5.74) is 6.96. The number of esters is 1. The van der Waals surface area contributed by atoms with E-state index in [0.717, 1.165) is 0 Å². The van der Waals surface area contributed by atoms with Crippen LogP contribution in [-0.2, 0) is 0 Å². The van der Waals surface area contributed by atoms with Crippen molar-refractivity contribution in [3.8, 4) is 5.88 Å². The lowest BCUT2D eigenvalue weighted by molar-refractivity contribution is 0.0728. The molecule has 0 bridgehead atoms. The van der Waals surface area contributed by atoms with Crippen LogP contribution < -0.4 is 10.5 Å². The zero-order chi connectivity index (χ0) is 16.6. The summed E-state index contributed by atoms with van der Waals surface area (Å²) in [6.45, 7) is 0. The third-order valence-corrected chi connectivity index (χ3v) is 3.85. The largest absolute Gasteiger partial charge is 0.406 e. The quantitative estimate of drug-likeness (QED) is 0.292. The number of benzene rings is 1. The first kappa shape index (κ1) is 15.3. The number of halogens is 2. The third kappa shape index (κ3) is 2.99. The summed E-state index contributed by atoms with van der Waals surface area (Å²) in [7, 11) is 0. The fourth-order valence-corrected chi connectivity index (χ4v) is 2.38. The van der Waals surface area contributed by atoms with E-state index in [2.05, 4.69) is 9.97 Å². The average Bonchev–Trinajstić information content (AvgIpc) is 2.91. The predicted octanol–water partition coefficient (Wildman–Crippen LogP) is 3.37. The van der Waals surface area contributed by atoms with Crippen molar-refractivity contribution in [2.75, 3.05) is 0 Å². The Hall–Kier alpha value is -2.57. The normalized spacial score (nSPS) is 10.7. The molecule has 2 aromatic heterocycles. The molecule has 0 spiro atoms. The highest BCUT2D eigenvalue weighted by Gasteiger charge is 2.14. The molecule has 3 rings (SSSR count). The summed E-state index contributed by atoms with van der Waals surface area (Å²) < 4.78 is 5.27. The number of ether oxygens (including phenoxy) is 1. The molecule has 2 heterocycles. The maximum Gasteiger partial charge on any atom is 0.346 e. The molecule has 0 unspecified atom stereocenters. The van der Waals surface area contributed by atoms with Crippen molar-refractivity contribution in [1.29, 1.82) is 5.41 Å². The van der Waals surface area contributed by atoms with Gasteiger partial charge in [0, 0.05) is 28.7 Å². The molecule has 116 valence electrons. The molecule has 0 fully saturated rings. The number of amidine groups is 1. The number of aromatic nitrogens is 2. The van der Waals surface area contributed by atoms with Gasteiger partial charge in [-0.05, 0) is 12.1 Å². The van der Waals surface area contributed by atoms with Crippen LogP contribution in [0.2, 0.25) is 10.2 Å². The number of hydrogen-bond donors (Lipinski definition) is 3. The molecule has 0 aliphatic heterocycles. The Morgan fingerprint density at radius 1 is 1.30 bits per heavy atom. The van der Waals surface area contributed by atoms with Gasteiger partial charge in [-0.1, -0.05) is 35.3 Å². The molecule has 0 aliphatic carbocycles. The fraction of sp³-hybridized carbons (Fsp3) is 0. The molecule has 23 heavy (non-hydrogen) atoms. The number of nitrogens with two attached hydrogens (primary N) is 1. The van der Waals surface area contributed by atoms with Gasteiger partial charge in [0.15, 0.2) is 0 Å². The Bertz CT molecular complexity index is 936. The van der Waals surface area contributed by atoms with Gasteiger partial charge in [-0.15, -0.1) is 0 Å². The molecule has 0 radical (unpaired) electrons. The van der Waals surface area contributed by atoms with Crippen molar-refractivity contribution in [2.45, 2.75) is 0 Å². The van der Waals surface area contributed by atoms with E-state index >= 15 is 0 Å². The minimum atomic E-state index is -0.632. The standard InChI is InChI=1S/C15H10Cl2N4O2/c16-10-4-7(6-20-13(10)17)15(22)23-12-5-9-8(14(18)19)2-1-3-11(9)21-12/h1-6,21H,(H3,18,19). The second-order valence-electron chi connectivity index (χ2n) is 4.70. The van der Waals surface area contributed by atoms with Crippen LogP contribution >= 0.6 is 23.2 Å². The van der Waals surface area contributed by atoms with Crippen LogP contribution in [0.4, 0.5) is 0 Å². The summed E-state index contributed by atoms with van der Waals surface area (Å²) in [5.74, 6) is -0.474. The fourth-order valence-electron chi connectivity index (χ4n) is 2.11. The van der Waals surface area contributed by atoms with E-state index in [9.17, 15) is 4.79 Å². The minimum absolute atomic E-state index is 0.0684. The van der Waals surface area contributed by atoms with E-state index in [1.54, 1.807) is 24.3 Å². The average molecular weight is 349 g/mol. The van der Waals surface area contributed by atoms with Gasteiger partial charge >= 0.3 is 5.97 Å². The van der Waals surface area contributed by atoms with Crippen molar-refractivity contribution in [2.24, 2.45) is 5.73 Å². The van der Waals surface area contributed by atoms with Crippen LogP contribution in [0.1, 0.15) is 15.9 Å². The Balaban J connectivity index is 1.92. The summed E-state index contributed by atoms with van der Waals surface area (Å²) in [6.07, 6.45) is 1.28. The highest BCUT2D eigenvalue weighted by molar-refractivity contribution is 6.41. The molecular formula is C15H10Cl2N4O2. The highest BCUT2D eigenvalue weighted by Crippen LogP contribution is 2.25. The second kappa shape index (κ2) is 5.91. The first-order valence-corrected chi connectivity index (χ1v) is 7.20. The molecular weight excluding hydrogens is 339 g/mol. The number of rotatable bonds is 3. The smallest absolute Gasteiger partial charge is 0.346 e. The van der Waals surface area contributed by atoms with Gasteiger partial charge in [0.1, 0.15) is 11.0 Å². The van der Waals surface area contributed by atoms with Crippen molar-refractivity contribution in [3.63, 3.8) is 0 Å². The SMILES string of the molecule is N=C(N)c1cccc2[nH]c(OC(=O)c3cnc(Cl)c(Cl)c3)cc12. The molecule has 0 saturated carbocycles. The molecule has 6 nitrogen and oxygen atoms in total. The van der Waals surface area contributed by atoms with E-state index in [-0.39, 0.29) is 27.5 Å². The van der Waals surface area contributed by atoms with Crippen molar-refractivity contribution in [3.05, 3.63) is 57.8 Å². The zero-order valence-corrected chi connectivity index (χ0v) is 13.1. The number of H-pyrrole nitrogens is 1. The molecule has 8 heteroatoms. The first-order valence-electron chi connectivity index (χ1n) is 6.45. The Morgan fingerprint density at radius 2 is 2.09 bits per heavy atom. The number of hydrogen-bond acceptors (Lipinski definition) is 4. The topological polar surface area (TPSA) is 105 Å². The number of carbonyl (C=O) groups excluding carboxylic acids is 1. The lowest BCUT2D eigenvalue weighted by Crippen LogP contribution is -2.11. The van der Waals surface area contributed by atoms with Crippen LogP contribution in [0.5, 0.6) is 5.88 Å². The summed E-state index contributed by atoms with van der Waals surface area (Å²) >= 11 is 11.5. The molecule has 3 aromatic rings. The van der Waals surface area contributed by atoms with Crippen LogP contribution in [0.3, 0.4) is 0 Å². The van der Waals surface area contributed by atoms with E-state index in [4.69, 9.17) is 39.1 Å². The lowest BCUT2D eigenvalue weighted by atomic mass is 10.1. The number of carbonyl (C=O) groups is 1. The summed E-state index contributed by atoms with van der Waals surface area (Å²) in [6, 6.07) is 8.24. The molecule has 0 amide bonds. The van der Waals surface area contributed by atoms with E-state index in [0.29, 0.717) is 16.5 Å². The van der Waals surface area contributed by atoms with Crippen molar-refractivity contribution in [1.82, 2.24) is 9.97 Å². The third-order valence-electron chi connectivity index (χ3n) is 3.16. The number of fused-ring (bicyclic) bond motifs is 1. The Morgan fingerprint density at radius 3 is 2.78 bits per heavy atom. The maximum atomic E-state index is 12.1. The van der Waals surface area contributed by atoms with E-state index < -0.39 is 5.97 Å². The number of nitrogens with one attached hydrogen (secondary N) is 2. The molecule has 0 atom stereocenters. The van der Waals surface area contributed by atoms with E-state index in [1.165, 1.54) is 12.3 Å². The van der Waals surface area contributed by atoms with Gasteiger partial charge in [-0.3, -0.25) is 5.41 Å². The van der Waals surface area contributed by atoms with Gasteiger partial charge in [-0.25, -0.2) is 9.78 Å². The Labute approximate surface area is 140 Å². The summed E-state index contributed by atoms with van der Waals surface area (Å²) in [4.78, 5) is 18.9. The number of nitrogen functional groups attached to an aromatic ring is 1. The van der Waals surface area contributed by atoms with Gasteiger partial charge in [0.05, 0.1) is 10.6 Å². The summed E-state index contributed by atoms with van der Waals surface area (Å²) in [5, 5.41) is 8.53. The highest BCUT2D eigenvalue weighted by atomic mass is 35.5. The van der Waals surface area contributed by atoms with Gasteiger partial charge in [-0.2, -0.15) is 0 Å². The van der Waals surface area contributed by atoms with Crippen LogP contribution in [0, 0.1) is 5.41 Å². The van der Waals surface area contributed by atoms with Crippen LogP contribution in [0.15, 0.2) is 36.5 Å². The van der Waals surface area contributed by atoms with Gasteiger partial charge < -0.3 is 15.5 Å². The number of pyridine rings is 1. The van der Waals surface area contributed by atoms with Crippen molar-refractivity contribution >= 4 is 45.9 Å². The van der Waals surface area contributed by atoms with Gasteiger partial charge in [0.2, 0.25) is 5.88 Å². The Kier molecular flexibility index (Phi) is 3.94. The second-order valence-corrected chi connectivity index (χ2v) is 5.47. The van der Waals surface area contributed by atoms with Crippen LogP contribution in [0.25, 0.3) is 10.9 Å². The molecule has 4 N–H and O–H groups in total. The predicted molar refractivity (Wildman–Crippen MR) is 88.5 cm³/mol. The van der Waals surface area contributed by atoms with E-state index in [1.807, 2.05) is 0 Å². The monoisotopic (exact) mass is 348 g/mol. The lowest BCUT2D eigenvalue weighted by Gasteiger charge is -2.02. The van der Waals surface area contributed by atoms with Gasteiger partial charge in [0.25, 0.3) is 0 Å². The minimum Gasteiger partial charge on any atom is -0.406 e. The van der Waals surface area contributed by atoms with Crippen molar-refractivity contribution < 1.29 is 9.53 Å². The molecule has 0 aliphatic rings. The maximum absolute atomic E-state index is 12.1. The number of nitrogens with zero attached hydrogens (tertiary/aromatic N) is 1. The van der Waals surface area contributed by atoms with Crippen LogP contribution in [-0.4, -0.2) is 21.8 Å². The number of aromatic amines is 1. The molecule has 1 aromatic carbocycles. The zero-order valence-electron chi connectivity index (χ0n) is 11.6. The molecule has 0 saturated heterocycles. The first-order chi connectivity index (χ1) is 11.0.